The number of carbonyl (C=O) groups is 1. The summed E-state index contributed by atoms with van der Waals surface area (Å²) in [5.74, 6) is 0.408. The van der Waals surface area contributed by atoms with Crippen LogP contribution in [-0.4, -0.2) is 56.9 Å². The van der Waals surface area contributed by atoms with Gasteiger partial charge in [-0.2, -0.15) is 0 Å². The van der Waals surface area contributed by atoms with E-state index < -0.39 is 22.3 Å². The van der Waals surface area contributed by atoms with Crippen LogP contribution in [0.3, 0.4) is 0 Å². The zero-order chi connectivity index (χ0) is 11.5. The molecule has 0 aliphatic carbocycles. The zero-order valence-electron chi connectivity index (χ0n) is 8.94. The Morgan fingerprint density at radius 2 is 2.07 bits per heavy atom. The lowest BCUT2D eigenvalue weighted by atomic mass is 9.99. The Hall–Kier alpha value is -0.460. The maximum atomic E-state index is 11.1. The lowest BCUT2D eigenvalue weighted by Gasteiger charge is -2.29. The highest BCUT2D eigenvalue weighted by Crippen LogP contribution is 2.09. The van der Waals surface area contributed by atoms with Crippen LogP contribution in [0.4, 0.5) is 0 Å². The predicted octanol–water partition coefficient (Wildman–Crippen LogP) is -0.757. The first-order chi connectivity index (χ1) is 6.92. The van der Waals surface area contributed by atoms with E-state index in [9.17, 15) is 9.00 Å². The third kappa shape index (κ3) is 3.89. The molecule has 6 heteroatoms. The summed E-state index contributed by atoms with van der Waals surface area (Å²) in [4.78, 5) is 12.9. The molecule has 1 heterocycles. The molecule has 1 unspecified atom stereocenters. The molecule has 88 valence electrons. The van der Waals surface area contributed by atoms with E-state index in [4.69, 9.17) is 10.8 Å². The Labute approximate surface area is 92.1 Å². The van der Waals surface area contributed by atoms with Gasteiger partial charge in [-0.1, -0.05) is 0 Å². The maximum Gasteiger partial charge on any atom is 0.323 e. The Balaban J connectivity index is 2.31. The smallest absolute Gasteiger partial charge is 0.323 e. The molecule has 3 N–H and O–H groups in total. The minimum atomic E-state index is -1.16. The van der Waals surface area contributed by atoms with E-state index in [2.05, 4.69) is 4.90 Å². The predicted molar refractivity (Wildman–Crippen MR) is 59.2 cm³/mol. The van der Waals surface area contributed by atoms with E-state index in [1.165, 1.54) is 6.92 Å². The van der Waals surface area contributed by atoms with Gasteiger partial charge in [-0.05, 0) is 13.3 Å². The highest BCUT2D eigenvalue weighted by atomic mass is 32.2. The molecule has 0 aromatic carbocycles. The van der Waals surface area contributed by atoms with Crippen molar-refractivity contribution >= 4 is 16.8 Å². The lowest BCUT2D eigenvalue weighted by molar-refractivity contribution is -0.143. The number of hydrogen-bond acceptors (Lipinski definition) is 4. The van der Waals surface area contributed by atoms with Crippen molar-refractivity contribution in [2.45, 2.75) is 18.9 Å². The van der Waals surface area contributed by atoms with Crippen LogP contribution in [0.5, 0.6) is 0 Å². The molecule has 0 aromatic heterocycles. The summed E-state index contributed by atoms with van der Waals surface area (Å²) < 4.78 is 11.1. The molecule has 0 radical (unpaired) electrons. The van der Waals surface area contributed by atoms with E-state index in [0.29, 0.717) is 24.5 Å². The minimum Gasteiger partial charge on any atom is -0.480 e. The van der Waals surface area contributed by atoms with Gasteiger partial charge in [-0.15, -0.1) is 0 Å². The third-order valence-electron chi connectivity index (χ3n) is 2.71. The molecule has 15 heavy (non-hydrogen) atoms. The SMILES string of the molecule is CC(N)(CCN1CCS(=O)CC1)C(=O)O. The largest absolute Gasteiger partial charge is 0.480 e. The van der Waals surface area contributed by atoms with Crippen molar-refractivity contribution in [3.63, 3.8) is 0 Å². The fourth-order valence-electron chi connectivity index (χ4n) is 1.40. The molecule has 1 fully saturated rings. The second kappa shape index (κ2) is 5.05. The van der Waals surface area contributed by atoms with Crippen LogP contribution in [0.25, 0.3) is 0 Å². The summed E-state index contributed by atoms with van der Waals surface area (Å²) >= 11 is 0. The van der Waals surface area contributed by atoms with Crippen molar-refractivity contribution < 1.29 is 14.1 Å². The Morgan fingerprint density at radius 1 is 1.53 bits per heavy atom. The second-order valence-electron chi connectivity index (χ2n) is 4.16. The van der Waals surface area contributed by atoms with Crippen LogP contribution in [0.2, 0.25) is 0 Å². The van der Waals surface area contributed by atoms with Crippen LogP contribution in [0, 0.1) is 0 Å². The van der Waals surface area contributed by atoms with Crippen LogP contribution in [0.15, 0.2) is 0 Å². The molecule has 0 spiro atoms. The number of nitrogens with zero attached hydrogens (tertiary/aromatic N) is 1. The van der Waals surface area contributed by atoms with Crippen LogP contribution < -0.4 is 5.73 Å². The second-order valence-corrected chi connectivity index (χ2v) is 5.86. The lowest BCUT2D eigenvalue weighted by Crippen LogP contribution is -2.48. The summed E-state index contributed by atoms with van der Waals surface area (Å²) in [6, 6.07) is 0. The molecular formula is C9H18N2O3S. The molecule has 1 aliphatic rings. The minimum absolute atomic E-state index is 0.426. The van der Waals surface area contributed by atoms with Crippen LogP contribution in [0.1, 0.15) is 13.3 Å². The van der Waals surface area contributed by atoms with E-state index in [-0.39, 0.29) is 0 Å². The Morgan fingerprint density at radius 3 is 2.53 bits per heavy atom. The van der Waals surface area contributed by atoms with Gasteiger partial charge in [0.15, 0.2) is 0 Å². The number of nitrogens with two attached hydrogens (primary N) is 1. The molecule has 0 aromatic rings. The van der Waals surface area contributed by atoms with E-state index in [1.807, 2.05) is 0 Å². The number of carboxylic acids is 1. The molecule has 1 rings (SSSR count). The standard InChI is InChI=1S/C9H18N2O3S/c1-9(10,8(12)13)2-3-11-4-6-15(14)7-5-11/h2-7,10H2,1H3,(H,12,13). The molecule has 0 amide bonds. The van der Waals surface area contributed by atoms with E-state index in [0.717, 1.165) is 13.1 Å². The summed E-state index contributed by atoms with van der Waals surface area (Å²) in [5, 5.41) is 8.82. The van der Waals surface area contributed by atoms with Gasteiger partial charge in [0.25, 0.3) is 0 Å². The van der Waals surface area contributed by atoms with Crippen molar-refractivity contribution in [1.29, 1.82) is 0 Å². The summed E-state index contributed by atoms with van der Waals surface area (Å²) in [6.45, 7) is 3.75. The average Bonchev–Trinajstić information content (AvgIpc) is 2.17. The first-order valence-electron chi connectivity index (χ1n) is 5.01. The molecule has 5 nitrogen and oxygen atoms in total. The summed E-state index contributed by atoms with van der Waals surface area (Å²) in [6.07, 6.45) is 0.426. The first-order valence-corrected chi connectivity index (χ1v) is 6.50. The van der Waals surface area contributed by atoms with E-state index >= 15 is 0 Å². The quantitative estimate of drug-likeness (QED) is 0.668. The van der Waals surface area contributed by atoms with E-state index in [1.54, 1.807) is 0 Å². The number of hydrogen-bond donors (Lipinski definition) is 2. The highest BCUT2D eigenvalue weighted by Gasteiger charge is 2.28. The first kappa shape index (κ1) is 12.6. The average molecular weight is 234 g/mol. The van der Waals surface area contributed by atoms with Gasteiger partial charge >= 0.3 is 5.97 Å². The van der Waals surface area contributed by atoms with Crippen LogP contribution >= 0.6 is 0 Å². The topological polar surface area (TPSA) is 83.6 Å². The van der Waals surface area contributed by atoms with Gasteiger partial charge in [0.1, 0.15) is 5.54 Å². The van der Waals surface area contributed by atoms with Crippen molar-refractivity contribution in [2.24, 2.45) is 5.73 Å². The number of carboxylic acid groups (broad SMARTS) is 1. The van der Waals surface area contributed by atoms with Crippen molar-refractivity contribution in [1.82, 2.24) is 4.90 Å². The van der Waals surface area contributed by atoms with Crippen molar-refractivity contribution in [2.75, 3.05) is 31.1 Å². The third-order valence-corrected chi connectivity index (χ3v) is 3.98. The highest BCUT2D eigenvalue weighted by molar-refractivity contribution is 7.85. The van der Waals surface area contributed by atoms with Gasteiger partial charge < -0.3 is 15.7 Å². The Kier molecular flexibility index (Phi) is 4.24. The summed E-state index contributed by atoms with van der Waals surface area (Å²) in [5.41, 5.74) is 4.46. The molecular weight excluding hydrogens is 216 g/mol. The molecule has 1 aliphatic heterocycles. The Bertz CT molecular complexity index is 258. The van der Waals surface area contributed by atoms with Gasteiger partial charge in [0, 0.05) is 41.9 Å². The normalized spacial score (nSPS) is 23.6. The fourth-order valence-corrected chi connectivity index (χ4v) is 2.52. The molecule has 1 saturated heterocycles. The number of rotatable bonds is 4. The monoisotopic (exact) mass is 234 g/mol. The maximum absolute atomic E-state index is 11.1. The zero-order valence-corrected chi connectivity index (χ0v) is 9.76. The van der Waals surface area contributed by atoms with Crippen molar-refractivity contribution in [3.8, 4) is 0 Å². The van der Waals surface area contributed by atoms with Gasteiger partial charge in [0.05, 0.1) is 0 Å². The van der Waals surface area contributed by atoms with Gasteiger partial charge in [-0.3, -0.25) is 9.00 Å². The van der Waals surface area contributed by atoms with Crippen LogP contribution in [-0.2, 0) is 15.6 Å². The van der Waals surface area contributed by atoms with Gasteiger partial charge in [-0.25, -0.2) is 0 Å². The molecule has 1 atom stereocenters. The van der Waals surface area contributed by atoms with Gasteiger partial charge in [0.2, 0.25) is 0 Å². The van der Waals surface area contributed by atoms with Crippen molar-refractivity contribution in [3.05, 3.63) is 0 Å². The number of aliphatic carboxylic acids is 1. The molecule has 0 saturated carbocycles. The molecule has 0 bridgehead atoms. The summed E-state index contributed by atoms with van der Waals surface area (Å²) in [7, 11) is -0.684. The fraction of sp³-hybridized carbons (Fsp3) is 0.889.